The van der Waals surface area contributed by atoms with E-state index in [9.17, 15) is 9.90 Å². The number of aromatic carboxylic acids is 1. The highest BCUT2D eigenvalue weighted by Gasteiger charge is 2.43. The molecule has 6 rings (SSSR count). The molecule has 2 aromatic heterocycles. The zero-order valence-corrected chi connectivity index (χ0v) is 20.1. The molecular weight excluding hydrogens is 444 g/mol. The number of benzene rings is 1. The Morgan fingerprint density at radius 1 is 1.11 bits per heavy atom. The number of ether oxygens (including phenoxy) is 1. The smallest absolute Gasteiger partial charge is 0.354 e. The maximum Gasteiger partial charge on any atom is 0.354 e. The minimum atomic E-state index is -1.02. The molecule has 0 amide bonds. The van der Waals surface area contributed by atoms with Crippen LogP contribution in [0.1, 0.15) is 77.5 Å². The largest absolute Gasteiger partial charge is 0.477 e. The highest BCUT2D eigenvalue weighted by Crippen LogP contribution is 2.45. The van der Waals surface area contributed by atoms with Gasteiger partial charge in [-0.25, -0.2) is 14.8 Å². The monoisotopic (exact) mass is 474 g/mol. The fourth-order valence-corrected chi connectivity index (χ4v) is 5.75. The van der Waals surface area contributed by atoms with Crippen LogP contribution in [0, 0.1) is 13.8 Å². The summed E-state index contributed by atoms with van der Waals surface area (Å²) in [7, 11) is 0. The average Bonchev–Trinajstić information content (AvgIpc) is 3.54. The van der Waals surface area contributed by atoms with Gasteiger partial charge in [-0.1, -0.05) is 29.4 Å². The number of aromatic nitrogens is 3. The molecule has 182 valence electrons. The molecule has 1 unspecified atom stereocenters. The van der Waals surface area contributed by atoms with Crippen molar-refractivity contribution in [2.75, 3.05) is 4.90 Å². The molecule has 1 aliphatic carbocycles. The average molecular weight is 475 g/mol. The number of hydrogen-bond donors (Lipinski definition) is 1. The molecular formula is C27H30N4O4. The number of nitrogens with zero attached hydrogens (tertiary/aromatic N) is 4. The van der Waals surface area contributed by atoms with E-state index in [1.807, 2.05) is 19.1 Å². The number of piperidine rings is 1. The molecule has 8 nitrogen and oxygen atoms in total. The molecule has 3 atom stereocenters. The van der Waals surface area contributed by atoms with Crippen LogP contribution in [0.3, 0.4) is 0 Å². The van der Waals surface area contributed by atoms with E-state index in [0.29, 0.717) is 24.2 Å². The van der Waals surface area contributed by atoms with Crippen molar-refractivity contribution < 1.29 is 19.2 Å². The first-order valence-electron chi connectivity index (χ1n) is 12.5. The summed E-state index contributed by atoms with van der Waals surface area (Å²) in [6, 6.07) is 10.3. The summed E-state index contributed by atoms with van der Waals surface area (Å²) in [5, 5.41) is 13.9. The van der Waals surface area contributed by atoms with Gasteiger partial charge in [-0.15, -0.1) is 0 Å². The summed E-state index contributed by atoms with van der Waals surface area (Å²) in [6.45, 7) is 4.41. The van der Waals surface area contributed by atoms with Crippen molar-refractivity contribution in [1.29, 1.82) is 0 Å². The molecule has 0 spiro atoms. The van der Waals surface area contributed by atoms with Gasteiger partial charge in [0.15, 0.2) is 5.69 Å². The van der Waals surface area contributed by atoms with E-state index < -0.39 is 5.97 Å². The minimum Gasteiger partial charge on any atom is -0.477 e. The van der Waals surface area contributed by atoms with Gasteiger partial charge in [-0.2, -0.15) is 0 Å². The van der Waals surface area contributed by atoms with Gasteiger partial charge >= 0.3 is 5.97 Å². The van der Waals surface area contributed by atoms with Crippen LogP contribution in [0.2, 0.25) is 0 Å². The summed E-state index contributed by atoms with van der Waals surface area (Å²) in [6.07, 6.45) is 6.25. The van der Waals surface area contributed by atoms with Crippen molar-refractivity contribution in [3.05, 3.63) is 58.6 Å². The molecule has 3 aromatic rings. The number of anilines is 1. The van der Waals surface area contributed by atoms with Gasteiger partial charge in [-0.05, 0) is 64.0 Å². The first-order chi connectivity index (χ1) is 17.0. The van der Waals surface area contributed by atoms with Crippen LogP contribution in [0.5, 0.6) is 0 Å². The normalized spacial score (nSPS) is 23.6. The Bertz CT molecular complexity index is 1250. The van der Waals surface area contributed by atoms with Gasteiger partial charge < -0.3 is 19.3 Å². The predicted octanol–water partition coefficient (Wildman–Crippen LogP) is 5.04. The van der Waals surface area contributed by atoms with Gasteiger partial charge in [0, 0.05) is 34.8 Å². The van der Waals surface area contributed by atoms with E-state index in [-0.39, 0.29) is 23.9 Å². The number of hydrogen-bond acceptors (Lipinski definition) is 7. The summed E-state index contributed by atoms with van der Waals surface area (Å²) in [5.41, 5.74) is 4.99. The zero-order valence-electron chi connectivity index (χ0n) is 20.1. The second-order valence-electron chi connectivity index (χ2n) is 10.2. The maximum absolute atomic E-state index is 11.5. The number of rotatable bonds is 7. The van der Waals surface area contributed by atoms with E-state index >= 15 is 0 Å². The molecule has 1 N–H and O–H groups in total. The molecule has 8 heteroatoms. The number of carboxylic acids is 1. The fourth-order valence-electron chi connectivity index (χ4n) is 5.75. The molecule has 1 saturated carbocycles. The van der Waals surface area contributed by atoms with Crippen molar-refractivity contribution in [1.82, 2.24) is 15.1 Å². The molecule has 2 aliphatic heterocycles. The SMILES string of the molecule is Cc1cc(C(=O)O)nc(N2C3CC[C@H]2C[C@H](OCc2c(-c4ccccc4C)noc2C2CC2)C3)n1. The third-order valence-corrected chi connectivity index (χ3v) is 7.61. The molecule has 4 heterocycles. The van der Waals surface area contributed by atoms with Gasteiger partial charge in [0.2, 0.25) is 5.95 Å². The molecule has 3 fully saturated rings. The lowest BCUT2D eigenvalue weighted by molar-refractivity contribution is 0.0144. The lowest BCUT2D eigenvalue weighted by atomic mass is 9.99. The lowest BCUT2D eigenvalue weighted by Gasteiger charge is -2.39. The Morgan fingerprint density at radius 3 is 2.54 bits per heavy atom. The van der Waals surface area contributed by atoms with Crippen LogP contribution in [0.25, 0.3) is 11.3 Å². The maximum atomic E-state index is 11.5. The zero-order chi connectivity index (χ0) is 24.1. The standard InChI is InChI=1S/C27H30N4O4/c1-15-5-3-4-6-21(15)24-22(25(35-30-24)17-7-8-17)14-34-20-12-18-9-10-19(13-20)31(18)27-28-16(2)11-23(29-27)26(32)33/h3-6,11,17-20H,7-10,12-14H2,1-2H3,(H,32,33)/t18-,19?,20-/m0/s1. The molecule has 1 aromatic carbocycles. The third-order valence-electron chi connectivity index (χ3n) is 7.61. The Balaban J connectivity index is 1.20. The highest BCUT2D eigenvalue weighted by atomic mass is 16.5. The Labute approximate surface area is 204 Å². The van der Waals surface area contributed by atoms with Gasteiger partial charge in [-0.3, -0.25) is 0 Å². The van der Waals surface area contributed by atoms with Gasteiger partial charge in [0.25, 0.3) is 0 Å². The summed E-state index contributed by atoms with van der Waals surface area (Å²) >= 11 is 0. The van der Waals surface area contributed by atoms with Gasteiger partial charge in [0.1, 0.15) is 11.5 Å². The first kappa shape index (κ1) is 22.2. The van der Waals surface area contributed by atoms with Crippen LogP contribution in [-0.4, -0.2) is 44.4 Å². The summed E-state index contributed by atoms with van der Waals surface area (Å²) < 4.78 is 12.4. The topological polar surface area (TPSA) is 102 Å². The molecule has 2 saturated heterocycles. The third kappa shape index (κ3) is 4.20. The van der Waals surface area contributed by atoms with E-state index in [1.54, 1.807) is 0 Å². The highest BCUT2D eigenvalue weighted by molar-refractivity contribution is 5.85. The number of carbonyl (C=O) groups is 1. The van der Waals surface area contributed by atoms with Crippen LogP contribution in [-0.2, 0) is 11.3 Å². The second-order valence-corrected chi connectivity index (χ2v) is 10.2. The molecule has 3 aliphatic rings. The van der Waals surface area contributed by atoms with E-state index in [1.165, 1.54) is 11.6 Å². The Kier molecular flexibility index (Phi) is 5.56. The van der Waals surface area contributed by atoms with Crippen molar-refractivity contribution in [3.63, 3.8) is 0 Å². The summed E-state index contributed by atoms with van der Waals surface area (Å²) in [5.74, 6) is 0.953. The van der Waals surface area contributed by atoms with E-state index in [0.717, 1.165) is 61.1 Å². The fraction of sp³-hybridized carbons (Fsp3) is 0.481. The van der Waals surface area contributed by atoms with Crippen molar-refractivity contribution >= 4 is 11.9 Å². The molecule has 2 bridgehead atoms. The second kappa shape index (κ2) is 8.75. The first-order valence-corrected chi connectivity index (χ1v) is 12.5. The van der Waals surface area contributed by atoms with Crippen LogP contribution in [0.4, 0.5) is 5.95 Å². The number of carboxylic acid groups (broad SMARTS) is 1. The van der Waals surface area contributed by atoms with Crippen LogP contribution in [0.15, 0.2) is 34.9 Å². The van der Waals surface area contributed by atoms with E-state index in [4.69, 9.17) is 9.26 Å². The van der Waals surface area contributed by atoms with Crippen molar-refractivity contribution in [3.8, 4) is 11.3 Å². The number of aryl methyl sites for hydroxylation is 2. The van der Waals surface area contributed by atoms with Crippen LogP contribution < -0.4 is 4.90 Å². The summed E-state index contributed by atoms with van der Waals surface area (Å²) in [4.78, 5) is 22.7. The molecule has 35 heavy (non-hydrogen) atoms. The Hall–Kier alpha value is -3.26. The van der Waals surface area contributed by atoms with Crippen LogP contribution >= 0.6 is 0 Å². The van der Waals surface area contributed by atoms with Crippen molar-refractivity contribution in [2.45, 2.75) is 83.1 Å². The Morgan fingerprint density at radius 2 is 1.86 bits per heavy atom. The quantitative estimate of drug-likeness (QED) is 0.508. The number of fused-ring (bicyclic) bond motifs is 2. The van der Waals surface area contributed by atoms with Gasteiger partial charge in [0.05, 0.1) is 12.7 Å². The predicted molar refractivity (Wildman–Crippen MR) is 129 cm³/mol. The van der Waals surface area contributed by atoms with E-state index in [2.05, 4.69) is 39.1 Å². The minimum absolute atomic E-state index is 0.0501. The lowest BCUT2D eigenvalue weighted by Crippen LogP contribution is -2.46. The van der Waals surface area contributed by atoms with Crippen molar-refractivity contribution in [2.24, 2.45) is 0 Å². The molecule has 0 radical (unpaired) electrons.